The van der Waals surface area contributed by atoms with Crippen molar-refractivity contribution in [3.63, 3.8) is 0 Å². The van der Waals surface area contributed by atoms with Gasteiger partial charge in [-0.2, -0.15) is 0 Å². The third kappa shape index (κ3) is 8.97. The van der Waals surface area contributed by atoms with Crippen molar-refractivity contribution >= 4 is 72.4 Å². The number of anilines is 6. The molecule has 0 N–H and O–H groups in total. The van der Waals surface area contributed by atoms with Crippen LogP contribution < -0.4 is 9.80 Å². The SMILES string of the molecule is CCOC(=O)c1ccc(-c2cc(N(c3ccc(C)cc3)c3ccc(C(C)(C)C)cc3)c3ccc4c(-c5ccc(C6OC(C)O6)cc5)cc(N(c5ccc(C)cc5)c5ccc(C(C)(C)C)cc5)c5ccc2c3c45)cc1. The molecule has 1 aliphatic rings. The van der Waals surface area contributed by atoms with Crippen molar-refractivity contribution in [2.75, 3.05) is 16.4 Å². The Bertz CT molecular complexity index is 3660. The van der Waals surface area contributed by atoms with Crippen LogP contribution in [0.15, 0.2) is 182 Å². The average Bonchev–Trinajstić information content (AvgIpc) is 3.39. The Morgan fingerprint density at radius 2 is 0.851 bits per heavy atom. The van der Waals surface area contributed by atoms with Gasteiger partial charge in [0.1, 0.15) is 0 Å². The molecule has 10 aromatic carbocycles. The lowest BCUT2D eigenvalue weighted by molar-refractivity contribution is -0.382. The molecule has 0 aliphatic carbocycles. The van der Waals surface area contributed by atoms with Crippen molar-refractivity contribution in [3.05, 3.63) is 215 Å². The minimum absolute atomic E-state index is 0.0111. The molecule has 6 nitrogen and oxygen atoms in total. The summed E-state index contributed by atoms with van der Waals surface area (Å²) in [5, 5.41) is 6.82. The number of carbonyl (C=O) groups excluding carboxylic acids is 1. The summed E-state index contributed by atoms with van der Waals surface area (Å²) in [5.41, 5.74) is 17.0. The van der Waals surface area contributed by atoms with Crippen LogP contribution in [-0.2, 0) is 25.0 Å². The lowest BCUT2D eigenvalue weighted by Crippen LogP contribution is -2.31. The first kappa shape index (κ1) is 48.5. The zero-order valence-corrected chi connectivity index (χ0v) is 44.2. The molecule has 0 spiro atoms. The zero-order chi connectivity index (χ0) is 51.6. The van der Waals surface area contributed by atoms with Gasteiger partial charge < -0.3 is 24.0 Å². The van der Waals surface area contributed by atoms with Gasteiger partial charge >= 0.3 is 5.97 Å². The second-order valence-electron chi connectivity index (χ2n) is 22.0. The molecule has 0 aromatic heterocycles. The summed E-state index contributed by atoms with van der Waals surface area (Å²) in [5.74, 6) is -0.332. The van der Waals surface area contributed by atoms with Crippen molar-refractivity contribution < 1.29 is 19.0 Å². The maximum Gasteiger partial charge on any atom is 0.338 e. The quantitative estimate of drug-likeness (QED) is 0.0951. The van der Waals surface area contributed by atoms with Crippen LogP contribution >= 0.6 is 0 Å². The fourth-order valence-electron chi connectivity index (χ4n) is 10.6. The number of hydrogen-bond acceptors (Lipinski definition) is 6. The Morgan fingerprint density at radius 1 is 0.486 bits per heavy atom. The highest BCUT2D eigenvalue weighted by Crippen LogP contribution is 2.52. The molecule has 1 heterocycles. The Kier molecular flexibility index (Phi) is 12.4. The molecule has 0 bridgehead atoms. The van der Waals surface area contributed by atoms with Gasteiger partial charge in [-0.15, -0.1) is 0 Å². The summed E-state index contributed by atoms with van der Waals surface area (Å²) in [7, 11) is 0. The number of aryl methyl sites for hydroxylation is 2. The Balaban J connectivity index is 1.25. The molecule has 0 unspecified atom stereocenters. The van der Waals surface area contributed by atoms with Crippen molar-refractivity contribution in [3.8, 4) is 22.3 Å². The molecule has 1 fully saturated rings. The van der Waals surface area contributed by atoms with Crippen LogP contribution in [0.4, 0.5) is 34.1 Å². The molecule has 74 heavy (non-hydrogen) atoms. The first-order chi connectivity index (χ1) is 35.5. The number of hydrogen-bond donors (Lipinski definition) is 0. The minimum atomic E-state index is -0.381. The van der Waals surface area contributed by atoms with Gasteiger partial charge in [0.25, 0.3) is 0 Å². The van der Waals surface area contributed by atoms with E-state index < -0.39 is 0 Å². The molecule has 1 saturated heterocycles. The summed E-state index contributed by atoms with van der Waals surface area (Å²) >= 11 is 0. The fraction of sp³-hybridized carbons (Fsp3) is 0.221. The van der Waals surface area contributed by atoms with E-state index in [1.807, 2.05) is 26.0 Å². The highest BCUT2D eigenvalue weighted by Gasteiger charge is 2.30. The molecule has 0 saturated carbocycles. The van der Waals surface area contributed by atoms with Gasteiger partial charge in [0, 0.05) is 49.9 Å². The van der Waals surface area contributed by atoms with E-state index in [0.29, 0.717) is 12.2 Å². The first-order valence-corrected chi connectivity index (χ1v) is 26.0. The van der Waals surface area contributed by atoms with Crippen LogP contribution in [0, 0.1) is 13.8 Å². The predicted octanol–water partition coefficient (Wildman–Crippen LogP) is 18.6. The zero-order valence-electron chi connectivity index (χ0n) is 44.2. The lowest BCUT2D eigenvalue weighted by Gasteiger charge is -2.34. The summed E-state index contributed by atoms with van der Waals surface area (Å²) in [6.07, 6.45) is -0.603. The van der Waals surface area contributed by atoms with Gasteiger partial charge in [0.2, 0.25) is 0 Å². The van der Waals surface area contributed by atoms with Gasteiger partial charge in [0.15, 0.2) is 12.6 Å². The number of esters is 1. The third-order valence-electron chi connectivity index (χ3n) is 14.7. The van der Waals surface area contributed by atoms with Crippen molar-refractivity contribution in [2.24, 2.45) is 0 Å². The largest absolute Gasteiger partial charge is 0.462 e. The maximum absolute atomic E-state index is 13.1. The minimum Gasteiger partial charge on any atom is -0.462 e. The van der Waals surface area contributed by atoms with Crippen molar-refractivity contribution in [2.45, 2.75) is 92.6 Å². The molecule has 0 amide bonds. The number of carbonyl (C=O) groups is 1. The molecule has 0 atom stereocenters. The van der Waals surface area contributed by atoms with E-state index in [1.54, 1.807) is 0 Å². The van der Waals surface area contributed by atoms with Gasteiger partial charge in [-0.25, -0.2) is 4.79 Å². The highest BCUT2D eigenvalue weighted by molar-refractivity contribution is 6.32. The van der Waals surface area contributed by atoms with Crippen LogP contribution in [-0.4, -0.2) is 18.9 Å². The smallest absolute Gasteiger partial charge is 0.338 e. The van der Waals surface area contributed by atoms with E-state index in [4.69, 9.17) is 14.2 Å². The van der Waals surface area contributed by atoms with Gasteiger partial charge in [0.05, 0.1) is 23.5 Å². The van der Waals surface area contributed by atoms with E-state index >= 15 is 0 Å². The fourth-order valence-corrected chi connectivity index (χ4v) is 10.6. The number of nitrogens with zero attached hydrogens (tertiary/aromatic N) is 2. The molecule has 6 heteroatoms. The number of ether oxygens (including phenoxy) is 3. The topological polar surface area (TPSA) is 51.2 Å². The molecule has 0 radical (unpaired) electrons. The number of benzene rings is 10. The summed E-state index contributed by atoms with van der Waals surface area (Å²) in [4.78, 5) is 17.9. The summed E-state index contributed by atoms with van der Waals surface area (Å²) in [6, 6.07) is 66.5. The Labute approximate surface area is 436 Å². The van der Waals surface area contributed by atoms with Gasteiger partial charge in [-0.1, -0.05) is 162 Å². The van der Waals surface area contributed by atoms with Gasteiger partial charge in [-0.3, -0.25) is 0 Å². The molecular weight excluding hydrogens is 909 g/mol. The van der Waals surface area contributed by atoms with Crippen LogP contribution in [0.3, 0.4) is 0 Å². The third-order valence-corrected chi connectivity index (χ3v) is 14.7. The summed E-state index contributed by atoms with van der Waals surface area (Å²) < 4.78 is 17.3. The van der Waals surface area contributed by atoms with Crippen LogP contribution in [0.25, 0.3) is 54.6 Å². The molecule has 370 valence electrons. The van der Waals surface area contributed by atoms with Crippen LogP contribution in [0.1, 0.15) is 99.9 Å². The normalized spacial score (nSPS) is 14.9. The number of rotatable bonds is 11. The van der Waals surface area contributed by atoms with Crippen molar-refractivity contribution in [1.29, 1.82) is 0 Å². The molecule has 11 rings (SSSR count). The summed E-state index contributed by atoms with van der Waals surface area (Å²) in [6.45, 7) is 21.9. The van der Waals surface area contributed by atoms with E-state index in [1.165, 1.54) is 22.3 Å². The second-order valence-corrected chi connectivity index (χ2v) is 22.0. The van der Waals surface area contributed by atoms with Crippen molar-refractivity contribution in [1.82, 2.24) is 0 Å². The second kappa shape index (κ2) is 18.9. The van der Waals surface area contributed by atoms with Crippen LogP contribution in [0.2, 0.25) is 0 Å². The lowest BCUT2D eigenvalue weighted by atomic mass is 9.84. The Hall–Kier alpha value is -7.77. The van der Waals surface area contributed by atoms with Gasteiger partial charge in [-0.05, 0) is 155 Å². The molecule has 1 aliphatic heterocycles. The van der Waals surface area contributed by atoms with E-state index in [2.05, 4.69) is 235 Å². The molecule has 10 aromatic rings. The standard InChI is InChI=1S/C68H64N2O4/c1-11-72-65(71)47-20-16-45(17-21-47)59-40-61(69(51-28-12-42(2)13-29-51)53-32-24-49(25-33-53)67(5,6)7)57-39-37-56-60(46-18-22-48(23-19-46)66-73-44(4)74-66)41-62(58-38-36-55(59)63(57)64(56)58)70(52-30-14-43(3)15-31-52)54-34-26-50(27-35-54)68(8,9)10/h12-41,44,66H,11H2,1-10H3. The van der Waals surface area contributed by atoms with E-state index in [0.717, 1.165) is 94.3 Å². The first-order valence-electron chi connectivity index (χ1n) is 26.0. The monoisotopic (exact) mass is 972 g/mol. The highest BCUT2D eigenvalue weighted by atomic mass is 16.9. The molecular formula is C68H64N2O4. The van der Waals surface area contributed by atoms with E-state index in [-0.39, 0.29) is 29.4 Å². The predicted molar refractivity (Wildman–Crippen MR) is 308 cm³/mol. The maximum atomic E-state index is 13.1. The Morgan fingerprint density at radius 3 is 1.22 bits per heavy atom. The average molecular weight is 973 g/mol. The van der Waals surface area contributed by atoms with E-state index in [9.17, 15) is 4.79 Å². The van der Waals surface area contributed by atoms with Crippen LogP contribution in [0.5, 0.6) is 0 Å².